The van der Waals surface area contributed by atoms with Gasteiger partial charge in [0.25, 0.3) is 5.91 Å². The van der Waals surface area contributed by atoms with Crippen LogP contribution in [0.2, 0.25) is 0 Å². The molecule has 0 saturated carbocycles. The number of nitrogens with two attached hydrogens (primary N) is 1. The minimum absolute atomic E-state index is 0.0946. The third kappa shape index (κ3) is 3.44. The molecule has 0 radical (unpaired) electrons. The van der Waals surface area contributed by atoms with Gasteiger partial charge in [-0.15, -0.1) is 0 Å². The summed E-state index contributed by atoms with van der Waals surface area (Å²) in [6, 6.07) is 1.85. The highest BCUT2D eigenvalue weighted by Gasteiger charge is 2.17. The summed E-state index contributed by atoms with van der Waals surface area (Å²) in [7, 11) is 0. The number of carbonyl (C=O) groups is 1. The number of pyridine rings is 1. The summed E-state index contributed by atoms with van der Waals surface area (Å²) in [5.41, 5.74) is 7.42. The van der Waals surface area contributed by atoms with E-state index in [0.717, 1.165) is 6.42 Å². The molecule has 0 aromatic carbocycles. The fourth-order valence-electron chi connectivity index (χ4n) is 1.77. The van der Waals surface area contributed by atoms with Crippen LogP contribution in [0.3, 0.4) is 0 Å². The first-order chi connectivity index (χ1) is 7.95. The third-order valence-corrected chi connectivity index (χ3v) is 2.91. The molecule has 0 aliphatic carbocycles. The largest absolute Gasteiger partial charge is 0.397 e. The molecule has 1 aromatic rings. The predicted molar refractivity (Wildman–Crippen MR) is 69.8 cm³/mol. The van der Waals surface area contributed by atoms with Gasteiger partial charge in [-0.1, -0.05) is 20.8 Å². The van der Waals surface area contributed by atoms with E-state index in [-0.39, 0.29) is 11.9 Å². The minimum Gasteiger partial charge on any atom is -0.397 e. The topological polar surface area (TPSA) is 68.0 Å². The molecule has 0 aliphatic heterocycles. The molecular formula is C13H21N3O. The van der Waals surface area contributed by atoms with Gasteiger partial charge >= 0.3 is 0 Å². The third-order valence-electron chi connectivity index (χ3n) is 2.91. The quantitative estimate of drug-likeness (QED) is 0.840. The van der Waals surface area contributed by atoms with E-state index >= 15 is 0 Å². The lowest BCUT2D eigenvalue weighted by atomic mass is 10.0. The monoisotopic (exact) mass is 235 g/mol. The first-order valence-electron chi connectivity index (χ1n) is 5.98. The second-order valence-electron chi connectivity index (χ2n) is 4.63. The number of anilines is 1. The predicted octanol–water partition coefficient (Wildman–Crippen LogP) is 2.14. The number of carbonyl (C=O) groups excluding carboxylic acids is 1. The summed E-state index contributed by atoms with van der Waals surface area (Å²) >= 11 is 0. The SMILES string of the molecule is CCC(NC(=O)c1cc(N)cnc1C)C(C)C. The number of nitrogens with one attached hydrogen (secondary N) is 1. The van der Waals surface area contributed by atoms with E-state index in [1.54, 1.807) is 12.3 Å². The molecule has 17 heavy (non-hydrogen) atoms. The van der Waals surface area contributed by atoms with E-state index in [4.69, 9.17) is 5.73 Å². The van der Waals surface area contributed by atoms with Gasteiger partial charge in [-0.2, -0.15) is 0 Å². The second kappa shape index (κ2) is 5.66. The summed E-state index contributed by atoms with van der Waals surface area (Å²) in [5, 5.41) is 3.02. The number of aryl methyl sites for hydroxylation is 1. The number of hydrogen-bond acceptors (Lipinski definition) is 3. The van der Waals surface area contributed by atoms with E-state index in [9.17, 15) is 4.79 Å². The number of hydrogen-bond donors (Lipinski definition) is 2. The fourth-order valence-corrected chi connectivity index (χ4v) is 1.77. The van der Waals surface area contributed by atoms with Crippen LogP contribution in [0, 0.1) is 12.8 Å². The minimum atomic E-state index is -0.0946. The number of nitrogen functional groups attached to an aromatic ring is 1. The van der Waals surface area contributed by atoms with Crippen molar-refractivity contribution in [3.8, 4) is 0 Å². The summed E-state index contributed by atoms with van der Waals surface area (Å²) in [4.78, 5) is 16.2. The van der Waals surface area contributed by atoms with Crippen molar-refractivity contribution in [1.29, 1.82) is 0 Å². The van der Waals surface area contributed by atoms with Crippen LogP contribution in [0.15, 0.2) is 12.3 Å². The highest BCUT2D eigenvalue weighted by Crippen LogP contribution is 2.12. The standard InChI is InChI=1S/C13H21N3O/c1-5-12(8(2)3)16-13(17)11-6-10(14)7-15-9(11)4/h6-8,12H,5,14H2,1-4H3,(H,16,17). The molecule has 3 N–H and O–H groups in total. The van der Waals surface area contributed by atoms with Gasteiger partial charge in [0.05, 0.1) is 23.1 Å². The molecule has 1 aromatic heterocycles. The highest BCUT2D eigenvalue weighted by molar-refractivity contribution is 5.96. The Balaban J connectivity index is 2.86. The zero-order valence-corrected chi connectivity index (χ0v) is 10.9. The highest BCUT2D eigenvalue weighted by atomic mass is 16.1. The van der Waals surface area contributed by atoms with Crippen molar-refractivity contribution in [2.75, 3.05) is 5.73 Å². The normalized spacial score (nSPS) is 12.5. The van der Waals surface area contributed by atoms with Crippen LogP contribution in [-0.2, 0) is 0 Å². The van der Waals surface area contributed by atoms with Gasteiger partial charge in [0.15, 0.2) is 0 Å². The lowest BCUT2D eigenvalue weighted by molar-refractivity contribution is 0.0923. The van der Waals surface area contributed by atoms with Gasteiger partial charge in [0, 0.05) is 6.04 Å². The van der Waals surface area contributed by atoms with Crippen LogP contribution in [-0.4, -0.2) is 16.9 Å². The van der Waals surface area contributed by atoms with Crippen LogP contribution in [0.5, 0.6) is 0 Å². The number of nitrogens with zero attached hydrogens (tertiary/aromatic N) is 1. The molecule has 1 rings (SSSR count). The Bertz CT molecular complexity index is 402. The summed E-state index contributed by atoms with van der Waals surface area (Å²) in [6.07, 6.45) is 2.48. The first kappa shape index (κ1) is 13.5. The fraction of sp³-hybridized carbons (Fsp3) is 0.538. The average molecular weight is 235 g/mol. The van der Waals surface area contributed by atoms with Gasteiger partial charge in [-0.25, -0.2) is 0 Å². The maximum absolute atomic E-state index is 12.1. The van der Waals surface area contributed by atoms with Crippen LogP contribution in [0.1, 0.15) is 43.2 Å². The number of aromatic nitrogens is 1. The Labute approximate surface area is 103 Å². The van der Waals surface area contributed by atoms with E-state index in [1.165, 1.54) is 0 Å². The molecule has 1 heterocycles. The Morgan fingerprint density at radius 3 is 2.71 bits per heavy atom. The van der Waals surface area contributed by atoms with Crippen molar-refractivity contribution in [1.82, 2.24) is 10.3 Å². The van der Waals surface area contributed by atoms with E-state index in [2.05, 4.69) is 31.1 Å². The molecule has 4 nitrogen and oxygen atoms in total. The molecule has 0 fully saturated rings. The van der Waals surface area contributed by atoms with Crippen molar-refractivity contribution in [2.45, 2.75) is 40.2 Å². The Kier molecular flexibility index (Phi) is 4.49. The van der Waals surface area contributed by atoms with Crippen LogP contribution < -0.4 is 11.1 Å². The second-order valence-corrected chi connectivity index (χ2v) is 4.63. The van der Waals surface area contributed by atoms with E-state index < -0.39 is 0 Å². The van der Waals surface area contributed by atoms with Crippen molar-refractivity contribution >= 4 is 11.6 Å². The van der Waals surface area contributed by atoms with Crippen molar-refractivity contribution in [3.63, 3.8) is 0 Å². The summed E-state index contributed by atoms with van der Waals surface area (Å²) < 4.78 is 0. The van der Waals surface area contributed by atoms with Gasteiger partial charge in [0.2, 0.25) is 0 Å². The Morgan fingerprint density at radius 1 is 1.53 bits per heavy atom. The maximum Gasteiger partial charge on any atom is 0.253 e. The van der Waals surface area contributed by atoms with Crippen LogP contribution in [0.4, 0.5) is 5.69 Å². The van der Waals surface area contributed by atoms with E-state index in [1.807, 2.05) is 6.92 Å². The van der Waals surface area contributed by atoms with Crippen molar-refractivity contribution in [2.24, 2.45) is 5.92 Å². The van der Waals surface area contributed by atoms with Crippen LogP contribution >= 0.6 is 0 Å². The molecule has 4 heteroatoms. The maximum atomic E-state index is 12.1. The van der Waals surface area contributed by atoms with Crippen LogP contribution in [0.25, 0.3) is 0 Å². The first-order valence-corrected chi connectivity index (χ1v) is 5.98. The molecule has 94 valence electrons. The number of rotatable bonds is 4. The zero-order chi connectivity index (χ0) is 13.0. The molecule has 0 saturated heterocycles. The van der Waals surface area contributed by atoms with Gasteiger partial charge in [-0.3, -0.25) is 9.78 Å². The molecule has 0 aliphatic rings. The molecule has 0 bridgehead atoms. The molecule has 1 amide bonds. The smallest absolute Gasteiger partial charge is 0.253 e. The van der Waals surface area contributed by atoms with Gasteiger partial charge < -0.3 is 11.1 Å². The molecule has 1 unspecified atom stereocenters. The summed E-state index contributed by atoms with van der Waals surface area (Å²) in [5.74, 6) is 0.320. The van der Waals surface area contributed by atoms with Crippen molar-refractivity contribution in [3.05, 3.63) is 23.5 Å². The van der Waals surface area contributed by atoms with Gasteiger partial charge in [-0.05, 0) is 25.3 Å². The lowest BCUT2D eigenvalue weighted by Gasteiger charge is -2.21. The van der Waals surface area contributed by atoms with Gasteiger partial charge in [0.1, 0.15) is 0 Å². The molecule has 1 atom stereocenters. The zero-order valence-electron chi connectivity index (χ0n) is 10.9. The molecule has 0 spiro atoms. The Morgan fingerprint density at radius 2 is 2.18 bits per heavy atom. The Hall–Kier alpha value is -1.58. The molecular weight excluding hydrogens is 214 g/mol. The lowest BCUT2D eigenvalue weighted by Crippen LogP contribution is -2.38. The summed E-state index contributed by atoms with van der Waals surface area (Å²) in [6.45, 7) is 8.07. The number of amides is 1. The average Bonchev–Trinajstić information content (AvgIpc) is 2.28. The van der Waals surface area contributed by atoms with E-state index in [0.29, 0.717) is 22.9 Å². The van der Waals surface area contributed by atoms with Crippen molar-refractivity contribution < 1.29 is 4.79 Å².